The summed E-state index contributed by atoms with van der Waals surface area (Å²) in [6, 6.07) is 2.13. The summed E-state index contributed by atoms with van der Waals surface area (Å²) in [5, 5.41) is 8.59. The minimum Gasteiger partial charge on any atom is -0.383 e. The average molecular weight is 235 g/mol. The van der Waals surface area contributed by atoms with Crippen molar-refractivity contribution in [3.05, 3.63) is 18.1 Å². The molecule has 1 rings (SSSR count). The van der Waals surface area contributed by atoms with Crippen molar-refractivity contribution in [2.45, 2.75) is 13.0 Å². The van der Waals surface area contributed by atoms with Crippen LogP contribution in [0.3, 0.4) is 0 Å². The molecule has 0 atom stereocenters. The van der Waals surface area contributed by atoms with Crippen LogP contribution in [0.2, 0.25) is 0 Å². The average Bonchev–Trinajstić information content (AvgIpc) is 2.35. The predicted molar refractivity (Wildman–Crippen MR) is 63.8 cm³/mol. The lowest BCUT2D eigenvalue weighted by Gasteiger charge is -2.19. The summed E-state index contributed by atoms with van der Waals surface area (Å²) < 4.78 is 5.03. The van der Waals surface area contributed by atoms with Crippen molar-refractivity contribution in [2.75, 3.05) is 32.5 Å². The number of anilines is 1. The first-order chi connectivity index (χ1) is 8.26. The molecular formula is C11H17N5O. The first kappa shape index (κ1) is 13.4. The number of nitriles is 1. The van der Waals surface area contributed by atoms with Gasteiger partial charge in [0.25, 0.3) is 0 Å². The Morgan fingerprint density at radius 3 is 2.82 bits per heavy atom. The van der Waals surface area contributed by atoms with E-state index in [1.165, 1.54) is 6.20 Å². The van der Waals surface area contributed by atoms with Gasteiger partial charge in [-0.2, -0.15) is 5.26 Å². The van der Waals surface area contributed by atoms with Crippen LogP contribution in [0.5, 0.6) is 0 Å². The summed E-state index contributed by atoms with van der Waals surface area (Å²) in [5.74, 6) is 0.411. The summed E-state index contributed by atoms with van der Waals surface area (Å²) in [7, 11) is 1.66. The summed E-state index contributed by atoms with van der Waals surface area (Å²) in [4.78, 5) is 10.3. The number of hydrogen-bond donors (Lipinski definition) is 1. The molecule has 0 aliphatic heterocycles. The van der Waals surface area contributed by atoms with Gasteiger partial charge in [0.2, 0.25) is 0 Å². The highest BCUT2D eigenvalue weighted by atomic mass is 16.5. The minimum atomic E-state index is 0.411. The molecule has 1 heterocycles. The van der Waals surface area contributed by atoms with Gasteiger partial charge in [0.1, 0.15) is 5.82 Å². The third-order valence-electron chi connectivity index (χ3n) is 2.26. The highest BCUT2D eigenvalue weighted by Gasteiger charge is 2.06. The molecule has 92 valence electrons. The molecule has 0 unspecified atom stereocenters. The van der Waals surface area contributed by atoms with Gasteiger partial charge in [-0.15, -0.1) is 0 Å². The van der Waals surface area contributed by atoms with E-state index >= 15 is 0 Å². The Balaban J connectivity index is 2.52. The SMILES string of the molecule is COCCN(CCC#N)Cc1cnc(N)cn1. The van der Waals surface area contributed by atoms with Gasteiger partial charge in [0, 0.05) is 33.2 Å². The fraction of sp³-hybridized carbons (Fsp3) is 0.545. The molecular weight excluding hydrogens is 218 g/mol. The molecule has 0 fully saturated rings. The lowest BCUT2D eigenvalue weighted by atomic mass is 10.3. The third-order valence-corrected chi connectivity index (χ3v) is 2.26. The zero-order valence-electron chi connectivity index (χ0n) is 9.96. The number of nitrogens with zero attached hydrogens (tertiary/aromatic N) is 4. The van der Waals surface area contributed by atoms with Crippen LogP contribution in [-0.4, -0.2) is 41.7 Å². The van der Waals surface area contributed by atoms with E-state index in [0.29, 0.717) is 31.9 Å². The third kappa shape index (κ3) is 5.24. The number of rotatable bonds is 7. The standard InChI is InChI=1S/C11H17N5O/c1-17-6-5-16(4-2-3-12)9-10-7-15-11(13)8-14-10/h7-8H,2,4-6,9H2,1H3,(H2,13,15). The van der Waals surface area contributed by atoms with E-state index in [2.05, 4.69) is 20.9 Å². The van der Waals surface area contributed by atoms with Crippen LogP contribution in [0.25, 0.3) is 0 Å². The minimum absolute atomic E-state index is 0.411. The van der Waals surface area contributed by atoms with Gasteiger partial charge in [0.15, 0.2) is 0 Å². The van der Waals surface area contributed by atoms with Crippen molar-refractivity contribution in [2.24, 2.45) is 0 Å². The lowest BCUT2D eigenvalue weighted by molar-refractivity contribution is 0.144. The zero-order valence-corrected chi connectivity index (χ0v) is 9.96. The highest BCUT2D eigenvalue weighted by Crippen LogP contribution is 2.02. The van der Waals surface area contributed by atoms with Crippen molar-refractivity contribution < 1.29 is 4.74 Å². The second kappa shape index (κ2) is 7.54. The Morgan fingerprint density at radius 1 is 1.41 bits per heavy atom. The molecule has 0 spiro atoms. The monoisotopic (exact) mass is 235 g/mol. The van der Waals surface area contributed by atoms with Crippen LogP contribution in [0.15, 0.2) is 12.4 Å². The zero-order chi connectivity index (χ0) is 12.5. The summed E-state index contributed by atoms with van der Waals surface area (Å²) >= 11 is 0. The van der Waals surface area contributed by atoms with Gasteiger partial charge in [-0.05, 0) is 0 Å². The van der Waals surface area contributed by atoms with Crippen LogP contribution < -0.4 is 5.73 Å². The van der Waals surface area contributed by atoms with Gasteiger partial charge in [-0.3, -0.25) is 9.88 Å². The number of ether oxygens (including phenoxy) is 1. The Labute approximate surface area is 101 Å². The van der Waals surface area contributed by atoms with E-state index in [9.17, 15) is 0 Å². The predicted octanol–water partition coefficient (Wildman–Crippen LogP) is 0.421. The van der Waals surface area contributed by atoms with Crippen LogP contribution >= 0.6 is 0 Å². The number of methoxy groups -OCH3 is 1. The lowest BCUT2D eigenvalue weighted by Crippen LogP contribution is -2.28. The fourth-order valence-electron chi connectivity index (χ4n) is 1.37. The van der Waals surface area contributed by atoms with Gasteiger partial charge < -0.3 is 10.5 Å². The second-order valence-electron chi connectivity index (χ2n) is 3.61. The first-order valence-corrected chi connectivity index (χ1v) is 5.41. The fourth-order valence-corrected chi connectivity index (χ4v) is 1.37. The number of hydrogen-bond acceptors (Lipinski definition) is 6. The Kier molecular flexibility index (Phi) is 5.93. The largest absolute Gasteiger partial charge is 0.383 e. The molecule has 0 saturated carbocycles. The van der Waals surface area contributed by atoms with E-state index in [1.807, 2.05) is 0 Å². The maximum absolute atomic E-state index is 8.59. The quantitative estimate of drug-likeness (QED) is 0.737. The molecule has 0 aliphatic carbocycles. The summed E-state index contributed by atoms with van der Waals surface area (Å²) in [6.45, 7) is 2.75. The molecule has 0 amide bonds. The Bertz CT molecular complexity index is 359. The number of nitrogens with two attached hydrogens (primary N) is 1. The molecule has 2 N–H and O–H groups in total. The Hall–Kier alpha value is -1.71. The van der Waals surface area contributed by atoms with Crippen molar-refractivity contribution in [1.29, 1.82) is 5.26 Å². The van der Waals surface area contributed by atoms with Gasteiger partial charge in [0.05, 0.1) is 30.8 Å². The molecule has 0 aromatic carbocycles. The maximum Gasteiger partial charge on any atom is 0.141 e. The normalized spacial score (nSPS) is 10.4. The van der Waals surface area contributed by atoms with Crippen LogP contribution in [0.1, 0.15) is 12.1 Å². The Morgan fingerprint density at radius 2 is 2.24 bits per heavy atom. The molecule has 0 saturated heterocycles. The second-order valence-corrected chi connectivity index (χ2v) is 3.61. The van der Waals surface area contributed by atoms with Crippen molar-refractivity contribution in [1.82, 2.24) is 14.9 Å². The number of nitrogen functional groups attached to an aromatic ring is 1. The van der Waals surface area contributed by atoms with Crippen molar-refractivity contribution >= 4 is 5.82 Å². The van der Waals surface area contributed by atoms with E-state index in [0.717, 1.165) is 12.2 Å². The van der Waals surface area contributed by atoms with Crippen molar-refractivity contribution in [3.8, 4) is 6.07 Å². The molecule has 0 radical (unpaired) electrons. The smallest absolute Gasteiger partial charge is 0.141 e. The van der Waals surface area contributed by atoms with Gasteiger partial charge in [-0.25, -0.2) is 4.98 Å². The molecule has 0 bridgehead atoms. The first-order valence-electron chi connectivity index (χ1n) is 5.41. The van der Waals surface area contributed by atoms with E-state index < -0.39 is 0 Å². The van der Waals surface area contributed by atoms with E-state index in [-0.39, 0.29) is 0 Å². The molecule has 6 nitrogen and oxygen atoms in total. The number of aromatic nitrogens is 2. The molecule has 6 heteroatoms. The maximum atomic E-state index is 8.59. The highest BCUT2D eigenvalue weighted by molar-refractivity contribution is 5.22. The topological polar surface area (TPSA) is 88.1 Å². The summed E-state index contributed by atoms with van der Waals surface area (Å²) in [5.41, 5.74) is 6.31. The summed E-state index contributed by atoms with van der Waals surface area (Å²) in [6.07, 6.45) is 3.68. The van der Waals surface area contributed by atoms with E-state index in [1.54, 1.807) is 13.3 Å². The van der Waals surface area contributed by atoms with Gasteiger partial charge >= 0.3 is 0 Å². The van der Waals surface area contributed by atoms with E-state index in [4.69, 9.17) is 15.7 Å². The molecule has 0 aliphatic rings. The van der Waals surface area contributed by atoms with Crippen LogP contribution in [0, 0.1) is 11.3 Å². The molecule has 1 aromatic heterocycles. The van der Waals surface area contributed by atoms with Gasteiger partial charge in [-0.1, -0.05) is 0 Å². The van der Waals surface area contributed by atoms with Crippen LogP contribution in [0.4, 0.5) is 5.82 Å². The van der Waals surface area contributed by atoms with Crippen molar-refractivity contribution in [3.63, 3.8) is 0 Å². The molecule has 17 heavy (non-hydrogen) atoms. The molecule has 1 aromatic rings. The van der Waals surface area contributed by atoms with Crippen LogP contribution in [-0.2, 0) is 11.3 Å².